The van der Waals surface area contributed by atoms with Crippen molar-refractivity contribution in [3.05, 3.63) is 65.2 Å². The number of nitrogens with two attached hydrogens (primary N) is 1. The standard InChI is InChI=1S/C21H24N2O3/c1-21(2)12-15-9-18(25-3)19(26-13-14-7-5-4-6-8-14)10-16(15)17(23-21)11-20(22)24/h4-11,23H,12-13H2,1-3H3,(H2,22,24). The van der Waals surface area contributed by atoms with E-state index in [4.69, 9.17) is 15.2 Å². The Kier molecular flexibility index (Phi) is 4.89. The fraction of sp³-hybridized carbons (Fsp3) is 0.286. The minimum atomic E-state index is -0.487. The molecule has 1 amide bonds. The lowest BCUT2D eigenvalue weighted by molar-refractivity contribution is -0.113. The fourth-order valence-corrected chi connectivity index (χ4v) is 3.21. The van der Waals surface area contributed by atoms with Gasteiger partial charge in [0.05, 0.1) is 7.11 Å². The lowest BCUT2D eigenvalue weighted by atomic mass is 9.85. The van der Waals surface area contributed by atoms with Crippen LogP contribution >= 0.6 is 0 Å². The van der Waals surface area contributed by atoms with Gasteiger partial charge >= 0.3 is 0 Å². The highest BCUT2D eigenvalue weighted by molar-refractivity contribution is 5.94. The second kappa shape index (κ2) is 7.12. The monoisotopic (exact) mass is 352 g/mol. The predicted octanol–water partition coefficient (Wildman–Crippen LogP) is 3.02. The Balaban J connectivity index is 1.98. The number of fused-ring (bicyclic) bond motifs is 1. The summed E-state index contributed by atoms with van der Waals surface area (Å²) in [4.78, 5) is 11.5. The number of benzene rings is 2. The van der Waals surface area contributed by atoms with Crippen molar-refractivity contribution in [2.45, 2.75) is 32.4 Å². The number of nitrogens with one attached hydrogen (secondary N) is 1. The van der Waals surface area contributed by atoms with Crippen molar-refractivity contribution >= 4 is 11.6 Å². The lowest BCUT2D eigenvalue weighted by Crippen LogP contribution is -2.44. The first kappa shape index (κ1) is 17.9. The molecule has 3 rings (SSSR count). The highest BCUT2D eigenvalue weighted by Gasteiger charge is 2.29. The van der Waals surface area contributed by atoms with Gasteiger partial charge in [0.15, 0.2) is 11.5 Å². The second-order valence-corrected chi connectivity index (χ2v) is 7.08. The third kappa shape index (κ3) is 3.99. The van der Waals surface area contributed by atoms with Gasteiger partial charge in [-0.05, 0) is 43.5 Å². The van der Waals surface area contributed by atoms with Gasteiger partial charge in [0.1, 0.15) is 6.61 Å². The third-order valence-corrected chi connectivity index (χ3v) is 4.31. The van der Waals surface area contributed by atoms with Crippen molar-refractivity contribution in [1.29, 1.82) is 0 Å². The first-order chi connectivity index (χ1) is 12.4. The molecule has 2 aromatic rings. The van der Waals surface area contributed by atoms with Gasteiger partial charge in [-0.15, -0.1) is 0 Å². The molecule has 26 heavy (non-hydrogen) atoms. The van der Waals surface area contributed by atoms with E-state index in [1.54, 1.807) is 7.11 Å². The molecule has 0 atom stereocenters. The minimum absolute atomic E-state index is 0.189. The van der Waals surface area contributed by atoms with E-state index in [0.717, 1.165) is 23.1 Å². The van der Waals surface area contributed by atoms with Gasteiger partial charge in [-0.3, -0.25) is 4.79 Å². The zero-order valence-corrected chi connectivity index (χ0v) is 15.3. The molecule has 0 fully saturated rings. The van der Waals surface area contributed by atoms with Crippen LogP contribution in [0.1, 0.15) is 30.5 Å². The molecular formula is C21H24N2O3. The highest BCUT2D eigenvalue weighted by Crippen LogP contribution is 2.38. The summed E-state index contributed by atoms with van der Waals surface area (Å²) < 4.78 is 11.5. The van der Waals surface area contributed by atoms with Crippen LogP contribution in [0.2, 0.25) is 0 Å². The van der Waals surface area contributed by atoms with Gasteiger partial charge in [0, 0.05) is 22.9 Å². The van der Waals surface area contributed by atoms with Crippen molar-refractivity contribution in [3.63, 3.8) is 0 Å². The van der Waals surface area contributed by atoms with E-state index in [1.165, 1.54) is 6.08 Å². The molecule has 1 aliphatic rings. The fourth-order valence-electron chi connectivity index (χ4n) is 3.21. The molecule has 3 N–H and O–H groups in total. The quantitative estimate of drug-likeness (QED) is 0.811. The maximum Gasteiger partial charge on any atom is 0.243 e. The zero-order chi connectivity index (χ0) is 18.7. The summed E-state index contributed by atoms with van der Waals surface area (Å²) in [7, 11) is 1.63. The summed E-state index contributed by atoms with van der Waals surface area (Å²) in [6.45, 7) is 4.60. The molecule has 0 radical (unpaired) electrons. The minimum Gasteiger partial charge on any atom is -0.493 e. The van der Waals surface area contributed by atoms with E-state index in [1.807, 2.05) is 42.5 Å². The lowest BCUT2D eigenvalue weighted by Gasteiger charge is -2.36. The zero-order valence-electron chi connectivity index (χ0n) is 15.3. The molecular weight excluding hydrogens is 328 g/mol. The number of hydrogen-bond acceptors (Lipinski definition) is 4. The average molecular weight is 352 g/mol. The van der Waals surface area contributed by atoms with Crippen LogP contribution in [0.25, 0.3) is 5.70 Å². The van der Waals surface area contributed by atoms with E-state index in [0.29, 0.717) is 23.8 Å². The maximum absolute atomic E-state index is 11.5. The van der Waals surface area contributed by atoms with E-state index in [9.17, 15) is 4.79 Å². The molecule has 0 spiro atoms. The number of ether oxygens (including phenoxy) is 2. The van der Waals surface area contributed by atoms with Gasteiger partial charge in [-0.1, -0.05) is 30.3 Å². The molecule has 1 heterocycles. The summed E-state index contributed by atoms with van der Waals surface area (Å²) in [5.41, 5.74) is 8.97. The molecule has 5 heteroatoms. The van der Waals surface area contributed by atoms with Crippen LogP contribution < -0.4 is 20.5 Å². The molecule has 136 valence electrons. The average Bonchev–Trinajstić information content (AvgIpc) is 2.59. The molecule has 0 aliphatic carbocycles. The van der Waals surface area contributed by atoms with Gasteiger partial charge in [0.2, 0.25) is 5.91 Å². The van der Waals surface area contributed by atoms with Crippen LogP contribution in [0, 0.1) is 0 Å². The molecule has 0 bridgehead atoms. The van der Waals surface area contributed by atoms with E-state index in [-0.39, 0.29) is 5.54 Å². The summed E-state index contributed by atoms with van der Waals surface area (Å²) >= 11 is 0. The van der Waals surface area contributed by atoms with Crippen molar-refractivity contribution in [3.8, 4) is 11.5 Å². The number of carbonyl (C=O) groups is 1. The van der Waals surface area contributed by atoms with Crippen molar-refractivity contribution < 1.29 is 14.3 Å². The molecule has 1 aliphatic heterocycles. The summed E-state index contributed by atoms with van der Waals surface area (Å²) in [6.07, 6.45) is 2.22. The summed E-state index contributed by atoms with van der Waals surface area (Å²) in [6, 6.07) is 13.8. The normalized spacial score (nSPS) is 16.5. The topological polar surface area (TPSA) is 73.6 Å². The Bertz CT molecular complexity index is 842. The Morgan fingerprint density at radius 3 is 2.62 bits per heavy atom. The Morgan fingerprint density at radius 1 is 1.23 bits per heavy atom. The van der Waals surface area contributed by atoms with Crippen molar-refractivity contribution in [2.75, 3.05) is 7.11 Å². The van der Waals surface area contributed by atoms with Crippen LogP contribution in [0.4, 0.5) is 0 Å². The number of hydrogen-bond donors (Lipinski definition) is 2. The first-order valence-corrected chi connectivity index (χ1v) is 8.55. The van der Waals surface area contributed by atoms with E-state index < -0.39 is 5.91 Å². The molecule has 0 unspecified atom stereocenters. The van der Waals surface area contributed by atoms with Crippen LogP contribution in [0.3, 0.4) is 0 Å². The first-order valence-electron chi connectivity index (χ1n) is 8.55. The van der Waals surface area contributed by atoms with Gasteiger partial charge in [0.25, 0.3) is 0 Å². The molecule has 5 nitrogen and oxygen atoms in total. The predicted molar refractivity (Wildman–Crippen MR) is 102 cm³/mol. The van der Waals surface area contributed by atoms with Crippen LogP contribution in [-0.4, -0.2) is 18.6 Å². The Hall–Kier alpha value is -2.95. The molecule has 2 aromatic carbocycles. The van der Waals surface area contributed by atoms with Crippen molar-refractivity contribution in [2.24, 2.45) is 5.73 Å². The van der Waals surface area contributed by atoms with Crippen LogP contribution in [0.15, 0.2) is 48.5 Å². The van der Waals surface area contributed by atoms with Crippen LogP contribution in [-0.2, 0) is 17.8 Å². The number of methoxy groups -OCH3 is 1. The van der Waals surface area contributed by atoms with Crippen molar-refractivity contribution in [1.82, 2.24) is 5.32 Å². The number of rotatable bonds is 5. The SMILES string of the molecule is COc1cc2c(cc1OCc1ccccc1)C(=CC(N)=O)NC(C)(C)C2. The molecule has 0 saturated heterocycles. The number of amides is 1. The maximum atomic E-state index is 11.5. The van der Waals surface area contributed by atoms with Gasteiger partial charge < -0.3 is 20.5 Å². The van der Waals surface area contributed by atoms with Gasteiger partial charge in [-0.25, -0.2) is 0 Å². The summed E-state index contributed by atoms with van der Waals surface area (Å²) in [5, 5.41) is 3.38. The smallest absolute Gasteiger partial charge is 0.243 e. The third-order valence-electron chi connectivity index (χ3n) is 4.31. The van der Waals surface area contributed by atoms with E-state index in [2.05, 4.69) is 19.2 Å². The van der Waals surface area contributed by atoms with E-state index >= 15 is 0 Å². The second-order valence-electron chi connectivity index (χ2n) is 7.08. The largest absolute Gasteiger partial charge is 0.493 e. The summed E-state index contributed by atoms with van der Waals surface area (Å²) in [5.74, 6) is 0.821. The van der Waals surface area contributed by atoms with Gasteiger partial charge in [-0.2, -0.15) is 0 Å². The Morgan fingerprint density at radius 2 is 1.96 bits per heavy atom. The van der Waals surface area contributed by atoms with Crippen LogP contribution in [0.5, 0.6) is 11.5 Å². The number of primary amides is 1. The Labute approximate surface area is 153 Å². The number of carbonyl (C=O) groups excluding carboxylic acids is 1. The molecule has 0 aromatic heterocycles. The molecule has 0 saturated carbocycles. The highest BCUT2D eigenvalue weighted by atomic mass is 16.5.